The summed E-state index contributed by atoms with van der Waals surface area (Å²) in [6, 6.07) is 4.22. The minimum Gasteiger partial charge on any atom is -0.143 e. The highest BCUT2D eigenvalue weighted by molar-refractivity contribution is 9.14. The van der Waals surface area contributed by atoms with E-state index in [2.05, 4.69) is 65.3 Å². The summed E-state index contributed by atoms with van der Waals surface area (Å²) >= 11 is 12.3. The Morgan fingerprint density at radius 1 is 1.08 bits per heavy atom. The summed E-state index contributed by atoms with van der Waals surface area (Å²) in [6.07, 6.45) is 0. The molecule has 0 aliphatic heterocycles. The number of benzene rings is 1. The van der Waals surface area contributed by atoms with E-state index in [1.807, 2.05) is 0 Å². The molecular formula is C8H3Br3S. The normalized spacial score (nSPS) is 10.9. The second kappa shape index (κ2) is 3.40. The van der Waals surface area contributed by atoms with Crippen molar-refractivity contribution in [2.75, 3.05) is 0 Å². The van der Waals surface area contributed by atoms with E-state index in [4.69, 9.17) is 0 Å². The molecule has 62 valence electrons. The first-order valence-electron chi connectivity index (χ1n) is 3.21. The van der Waals surface area contributed by atoms with Crippen molar-refractivity contribution in [1.29, 1.82) is 0 Å². The lowest BCUT2D eigenvalue weighted by Crippen LogP contribution is -1.72. The van der Waals surface area contributed by atoms with Gasteiger partial charge in [-0.05, 0) is 70.7 Å². The largest absolute Gasteiger partial charge is 0.143 e. The zero-order chi connectivity index (χ0) is 8.72. The van der Waals surface area contributed by atoms with Gasteiger partial charge < -0.3 is 0 Å². The summed E-state index contributed by atoms with van der Waals surface area (Å²) in [5.74, 6) is 0. The van der Waals surface area contributed by atoms with Crippen molar-refractivity contribution >= 4 is 69.2 Å². The number of fused-ring (bicyclic) bond motifs is 1. The van der Waals surface area contributed by atoms with Gasteiger partial charge >= 0.3 is 0 Å². The molecule has 0 saturated heterocycles. The van der Waals surface area contributed by atoms with Crippen LogP contribution < -0.4 is 0 Å². The maximum absolute atomic E-state index is 3.54. The Labute approximate surface area is 99.4 Å². The average molecular weight is 371 g/mol. The summed E-state index contributed by atoms with van der Waals surface area (Å²) in [5, 5.41) is 3.36. The smallest absolute Gasteiger partial charge is 0.0507 e. The molecule has 1 heterocycles. The molecular weight excluding hydrogens is 368 g/mol. The van der Waals surface area contributed by atoms with Crippen molar-refractivity contribution in [1.82, 2.24) is 0 Å². The molecule has 0 fully saturated rings. The fourth-order valence-electron chi connectivity index (χ4n) is 1.02. The summed E-state index contributed by atoms with van der Waals surface area (Å²) < 4.78 is 4.57. The van der Waals surface area contributed by atoms with Gasteiger partial charge in [0.1, 0.15) is 0 Å². The van der Waals surface area contributed by atoms with Crippen molar-refractivity contribution in [3.05, 3.63) is 30.9 Å². The van der Waals surface area contributed by atoms with E-state index in [1.165, 1.54) is 10.1 Å². The highest BCUT2D eigenvalue weighted by Gasteiger charge is 2.07. The lowest BCUT2D eigenvalue weighted by molar-refractivity contribution is 1.64. The first-order chi connectivity index (χ1) is 5.70. The zero-order valence-corrected chi connectivity index (χ0v) is 11.3. The molecule has 1 aromatic carbocycles. The van der Waals surface area contributed by atoms with E-state index >= 15 is 0 Å². The van der Waals surface area contributed by atoms with Crippen LogP contribution >= 0.6 is 59.1 Å². The minimum absolute atomic E-state index is 1.08. The molecule has 12 heavy (non-hydrogen) atoms. The van der Waals surface area contributed by atoms with Crippen molar-refractivity contribution < 1.29 is 0 Å². The number of hydrogen-bond acceptors (Lipinski definition) is 1. The van der Waals surface area contributed by atoms with Gasteiger partial charge in [-0.3, -0.25) is 0 Å². The molecule has 0 bridgehead atoms. The van der Waals surface area contributed by atoms with Crippen LogP contribution in [-0.4, -0.2) is 0 Å². The molecule has 0 saturated carbocycles. The van der Waals surface area contributed by atoms with Gasteiger partial charge in [0.25, 0.3) is 0 Å². The molecule has 2 aromatic rings. The lowest BCUT2D eigenvalue weighted by atomic mass is 10.3. The highest BCUT2D eigenvalue weighted by Crippen LogP contribution is 2.39. The zero-order valence-electron chi connectivity index (χ0n) is 5.77. The molecule has 0 nitrogen and oxygen atoms in total. The quantitative estimate of drug-likeness (QED) is 0.560. The van der Waals surface area contributed by atoms with E-state index in [-0.39, 0.29) is 0 Å². The Hall–Kier alpha value is 0.620. The van der Waals surface area contributed by atoms with Crippen LogP contribution in [0.1, 0.15) is 0 Å². The van der Waals surface area contributed by atoms with Crippen LogP contribution in [0.5, 0.6) is 0 Å². The van der Waals surface area contributed by atoms with E-state index in [1.54, 1.807) is 11.3 Å². The third-order valence-corrected chi connectivity index (χ3v) is 6.10. The third-order valence-electron chi connectivity index (χ3n) is 1.58. The van der Waals surface area contributed by atoms with Gasteiger partial charge in [0.2, 0.25) is 0 Å². The maximum Gasteiger partial charge on any atom is 0.0507 e. The van der Waals surface area contributed by atoms with Crippen LogP contribution in [0.15, 0.2) is 30.9 Å². The Morgan fingerprint density at radius 3 is 2.58 bits per heavy atom. The molecule has 2 rings (SSSR count). The first kappa shape index (κ1) is 9.19. The number of thiophene rings is 1. The van der Waals surface area contributed by atoms with E-state index in [9.17, 15) is 0 Å². The molecule has 0 aliphatic rings. The molecule has 1 aromatic heterocycles. The van der Waals surface area contributed by atoms with Gasteiger partial charge in [-0.2, -0.15) is 0 Å². The SMILES string of the molecule is Brc1cc2ccsc2c(Br)c1Br. The van der Waals surface area contributed by atoms with Gasteiger partial charge in [-0.15, -0.1) is 11.3 Å². The molecule has 0 spiro atoms. The van der Waals surface area contributed by atoms with Gasteiger partial charge in [-0.1, -0.05) is 0 Å². The van der Waals surface area contributed by atoms with Crippen LogP contribution in [0.3, 0.4) is 0 Å². The Balaban J connectivity index is 2.94. The Morgan fingerprint density at radius 2 is 1.83 bits per heavy atom. The predicted octanol–water partition coefficient (Wildman–Crippen LogP) is 5.19. The number of rotatable bonds is 0. The van der Waals surface area contributed by atoms with Crippen LogP contribution in [0.4, 0.5) is 0 Å². The molecule has 0 atom stereocenters. The molecule has 0 aliphatic carbocycles. The van der Waals surface area contributed by atoms with Gasteiger partial charge in [0, 0.05) is 13.6 Å². The van der Waals surface area contributed by atoms with Crippen molar-refractivity contribution in [3.8, 4) is 0 Å². The fourth-order valence-corrected chi connectivity index (χ4v) is 3.71. The predicted molar refractivity (Wildman–Crippen MR) is 64.9 cm³/mol. The minimum atomic E-state index is 1.08. The van der Waals surface area contributed by atoms with Gasteiger partial charge in [0.15, 0.2) is 0 Å². The van der Waals surface area contributed by atoms with Crippen molar-refractivity contribution in [3.63, 3.8) is 0 Å². The van der Waals surface area contributed by atoms with Crippen LogP contribution in [0.25, 0.3) is 10.1 Å². The molecule has 4 heteroatoms. The topological polar surface area (TPSA) is 0 Å². The summed E-state index contributed by atoms with van der Waals surface area (Å²) in [7, 11) is 0. The van der Waals surface area contributed by atoms with Crippen LogP contribution in [0, 0.1) is 0 Å². The van der Waals surface area contributed by atoms with Crippen molar-refractivity contribution in [2.24, 2.45) is 0 Å². The maximum atomic E-state index is 3.54. The summed E-state index contributed by atoms with van der Waals surface area (Å²) in [4.78, 5) is 0. The molecule has 0 unspecified atom stereocenters. The van der Waals surface area contributed by atoms with Crippen molar-refractivity contribution in [2.45, 2.75) is 0 Å². The second-order valence-corrected chi connectivity index (χ2v) is 5.68. The number of halogens is 3. The standard InChI is InChI=1S/C8H3Br3S/c9-5-3-4-1-2-12-8(4)7(11)6(5)10/h1-3H. The second-order valence-electron chi connectivity index (χ2n) is 2.33. The van der Waals surface area contributed by atoms with E-state index < -0.39 is 0 Å². The third kappa shape index (κ3) is 1.39. The Bertz CT molecular complexity index is 433. The molecule has 0 N–H and O–H groups in total. The highest BCUT2D eigenvalue weighted by atomic mass is 79.9. The summed E-state index contributed by atoms with van der Waals surface area (Å²) in [6.45, 7) is 0. The summed E-state index contributed by atoms with van der Waals surface area (Å²) in [5.41, 5.74) is 0. The lowest BCUT2D eigenvalue weighted by Gasteiger charge is -2.00. The van der Waals surface area contributed by atoms with Crippen LogP contribution in [0.2, 0.25) is 0 Å². The monoisotopic (exact) mass is 368 g/mol. The molecule has 0 radical (unpaired) electrons. The van der Waals surface area contributed by atoms with Gasteiger partial charge in [-0.25, -0.2) is 0 Å². The number of hydrogen-bond donors (Lipinski definition) is 0. The van der Waals surface area contributed by atoms with Gasteiger partial charge in [0.05, 0.1) is 4.47 Å². The van der Waals surface area contributed by atoms with Crippen LogP contribution in [-0.2, 0) is 0 Å². The average Bonchev–Trinajstić information content (AvgIpc) is 2.48. The molecule has 0 amide bonds. The van der Waals surface area contributed by atoms with E-state index in [0.717, 1.165) is 13.4 Å². The van der Waals surface area contributed by atoms with E-state index in [0.29, 0.717) is 0 Å². The first-order valence-corrected chi connectivity index (χ1v) is 6.46. The fraction of sp³-hybridized carbons (Fsp3) is 0. The Kier molecular flexibility index (Phi) is 2.61.